The zero-order chi connectivity index (χ0) is 23.4. The molecule has 0 atom stereocenters. The van der Waals surface area contributed by atoms with Crippen molar-refractivity contribution in [3.8, 4) is 16.2 Å². The number of aromatic nitrogens is 2. The van der Waals surface area contributed by atoms with Crippen LogP contribution in [-0.2, 0) is 4.79 Å². The van der Waals surface area contributed by atoms with Crippen LogP contribution < -0.4 is 15.0 Å². The van der Waals surface area contributed by atoms with Gasteiger partial charge in [0.25, 0.3) is 0 Å². The molecule has 1 fully saturated rings. The standard InChI is InChI=1S/C23H24N4O5S/c1-14-19(32-13-18(28)29)21(22(30)31)33-20(14)15-4-2-5-17(12-15)26-16-6-10-27(11-7-16)23-24-8-3-9-25-23/h2-5,8-9,12,16,26H,6-7,10-11,13H2,1H3,(H,28,29)(H,30,31). The summed E-state index contributed by atoms with van der Waals surface area (Å²) in [6.45, 7) is 2.87. The predicted molar refractivity (Wildman–Crippen MR) is 125 cm³/mol. The third-order valence-corrected chi connectivity index (χ3v) is 6.76. The molecule has 0 saturated carbocycles. The van der Waals surface area contributed by atoms with Gasteiger partial charge in [0.05, 0.1) is 0 Å². The third-order valence-electron chi connectivity index (χ3n) is 5.45. The van der Waals surface area contributed by atoms with Gasteiger partial charge in [-0.25, -0.2) is 19.6 Å². The molecule has 0 unspecified atom stereocenters. The zero-order valence-corrected chi connectivity index (χ0v) is 18.8. The van der Waals surface area contributed by atoms with Gasteiger partial charge in [-0.3, -0.25) is 0 Å². The number of ether oxygens (including phenoxy) is 1. The van der Waals surface area contributed by atoms with Crippen LogP contribution in [0.1, 0.15) is 28.1 Å². The molecular weight excluding hydrogens is 444 g/mol. The number of aliphatic carboxylic acids is 1. The van der Waals surface area contributed by atoms with Crippen LogP contribution in [0.3, 0.4) is 0 Å². The lowest BCUT2D eigenvalue weighted by Crippen LogP contribution is -2.39. The second kappa shape index (κ2) is 9.86. The Kier molecular flexibility index (Phi) is 6.74. The van der Waals surface area contributed by atoms with E-state index in [1.807, 2.05) is 24.3 Å². The lowest BCUT2D eigenvalue weighted by atomic mass is 10.0. The van der Waals surface area contributed by atoms with E-state index in [4.69, 9.17) is 9.84 Å². The van der Waals surface area contributed by atoms with Crippen LogP contribution >= 0.6 is 11.3 Å². The highest BCUT2D eigenvalue weighted by Crippen LogP contribution is 2.42. The number of carboxylic acids is 2. The maximum atomic E-state index is 11.7. The summed E-state index contributed by atoms with van der Waals surface area (Å²) >= 11 is 1.09. The van der Waals surface area contributed by atoms with Crippen LogP contribution in [0, 0.1) is 6.92 Å². The fourth-order valence-electron chi connectivity index (χ4n) is 3.89. The minimum absolute atomic E-state index is 0.00221. The van der Waals surface area contributed by atoms with Gasteiger partial charge in [0.2, 0.25) is 5.95 Å². The van der Waals surface area contributed by atoms with E-state index in [0.717, 1.165) is 59.3 Å². The molecule has 1 aromatic carbocycles. The van der Waals surface area contributed by atoms with E-state index in [-0.39, 0.29) is 10.6 Å². The zero-order valence-electron chi connectivity index (χ0n) is 18.0. The number of piperidine rings is 1. The van der Waals surface area contributed by atoms with Crippen molar-refractivity contribution in [3.05, 3.63) is 53.2 Å². The van der Waals surface area contributed by atoms with Crippen LogP contribution in [-0.4, -0.2) is 57.9 Å². The van der Waals surface area contributed by atoms with E-state index in [2.05, 4.69) is 20.2 Å². The highest BCUT2D eigenvalue weighted by atomic mass is 32.1. The molecule has 1 saturated heterocycles. The van der Waals surface area contributed by atoms with E-state index in [1.165, 1.54) is 0 Å². The summed E-state index contributed by atoms with van der Waals surface area (Å²) < 4.78 is 5.29. The Balaban J connectivity index is 1.48. The number of rotatable bonds is 8. The number of thiophene rings is 1. The number of nitrogens with zero attached hydrogens (tertiary/aromatic N) is 3. The van der Waals surface area contributed by atoms with Crippen molar-refractivity contribution >= 4 is 34.9 Å². The molecule has 0 radical (unpaired) electrons. The van der Waals surface area contributed by atoms with E-state index < -0.39 is 18.5 Å². The van der Waals surface area contributed by atoms with Crippen molar-refractivity contribution < 1.29 is 24.5 Å². The fourth-order valence-corrected chi connectivity index (χ4v) is 4.97. The number of aromatic carboxylic acids is 1. The maximum Gasteiger partial charge on any atom is 0.349 e. The second-order valence-electron chi connectivity index (χ2n) is 7.74. The van der Waals surface area contributed by atoms with Gasteiger partial charge >= 0.3 is 11.9 Å². The number of carbonyl (C=O) groups is 2. The Hall–Kier alpha value is -3.66. The Morgan fingerprint density at radius 1 is 1.18 bits per heavy atom. The largest absolute Gasteiger partial charge is 0.480 e. The van der Waals surface area contributed by atoms with Crippen molar-refractivity contribution in [2.24, 2.45) is 0 Å². The van der Waals surface area contributed by atoms with Gasteiger partial charge < -0.3 is 25.2 Å². The first kappa shape index (κ1) is 22.5. The molecule has 3 aromatic rings. The fraction of sp³-hybridized carbons (Fsp3) is 0.304. The molecule has 2 aromatic heterocycles. The van der Waals surface area contributed by atoms with Crippen molar-refractivity contribution in [3.63, 3.8) is 0 Å². The summed E-state index contributed by atoms with van der Waals surface area (Å²) in [5.41, 5.74) is 2.41. The molecular formula is C23H24N4O5S. The lowest BCUT2D eigenvalue weighted by molar-refractivity contribution is -0.139. The average Bonchev–Trinajstić information content (AvgIpc) is 3.15. The number of anilines is 2. The molecule has 9 nitrogen and oxygen atoms in total. The third kappa shape index (κ3) is 5.23. The van der Waals surface area contributed by atoms with Crippen molar-refractivity contribution in [2.45, 2.75) is 25.8 Å². The first-order chi connectivity index (χ1) is 15.9. The lowest BCUT2D eigenvalue weighted by Gasteiger charge is -2.32. The molecule has 0 amide bonds. The molecule has 10 heteroatoms. The van der Waals surface area contributed by atoms with Gasteiger partial charge in [-0.2, -0.15) is 0 Å². The molecule has 3 heterocycles. The number of benzene rings is 1. The van der Waals surface area contributed by atoms with E-state index in [1.54, 1.807) is 25.4 Å². The summed E-state index contributed by atoms with van der Waals surface area (Å²) in [5.74, 6) is -1.44. The predicted octanol–water partition coefficient (Wildman–Crippen LogP) is 3.76. The quantitative estimate of drug-likeness (QED) is 0.453. The first-order valence-electron chi connectivity index (χ1n) is 10.5. The van der Waals surface area contributed by atoms with Crippen LogP contribution in [0.2, 0.25) is 0 Å². The number of hydrogen-bond donors (Lipinski definition) is 3. The van der Waals surface area contributed by atoms with Gasteiger partial charge in [0.15, 0.2) is 11.5 Å². The van der Waals surface area contributed by atoms with Crippen LogP contribution in [0.25, 0.3) is 10.4 Å². The summed E-state index contributed by atoms with van der Waals surface area (Å²) in [6.07, 6.45) is 5.38. The normalized spacial score (nSPS) is 14.2. The number of carboxylic acid groups (broad SMARTS) is 2. The Bertz CT molecular complexity index is 1140. The highest BCUT2D eigenvalue weighted by Gasteiger charge is 2.24. The van der Waals surface area contributed by atoms with Gasteiger partial charge in [-0.1, -0.05) is 12.1 Å². The SMILES string of the molecule is Cc1c(-c2cccc(NC3CCN(c4ncccn4)CC3)c2)sc(C(=O)O)c1OCC(=O)O. The topological polar surface area (TPSA) is 125 Å². The minimum Gasteiger partial charge on any atom is -0.480 e. The van der Waals surface area contributed by atoms with E-state index in [0.29, 0.717) is 11.6 Å². The van der Waals surface area contributed by atoms with Crippen LogP contribution in [0.5, 0.6) is 5.75 Å². The molecule has 33 heavy (non-hydrogen) atoms. The van der Waals surface area contributed by atoms with Crippen molar-refractivity contribution in [1.29, 1.82) is 0 Å². The van der Waals surface area contributed by atoms with Gasteiger partial charge in [0, 0.05) is 47.7 Å². The first-order valence-corrected chi connectivity index (χ1v) is 11.3. The number of nitrogens with one attached hydrogen (secondary N) is 1. The molecule has 1 aliphatic rings. The molecule has 172 valence electrons. The average molecular weight is 469 g/mol. The minimum atomic E-state index is -1.16. The van der Waals surface area contributed by atoms with E-state index >= 15 is 0 Å². The van der Waals surface area contributed by atoms with Gasteiger partial charge in [-0.05, 0) is 43.5 Å². The molecule has 0 aliphatic carbocycles. The molecule has 3 N–H and O–H groups in total. The maximum absolute atomic E-state index is 11.7. The summed E-state index contributed by atoms with van der Waals surface area (Å²) in [5, 5.41) is 22.0. The van der Waals surface area contributed by atoms with Crippen LogP contribution in [0.15, 0.2) is 42.7 Å². The van der Waals surface area contributed by atoms with Gasteiger partial charge in [0.1, 0.15) is 5.75 Å². The smallest absolute Gasteiger partial charge is 0.349 e. The van der Waals surface area contributed by atoms with E-state index in [9.17, 15) is 14.7 Å². The Morgan fingerprint density at radius 2 is 1.91 bits per heavy atom. The van der Waals surface area contributed by atoms with Crippen molar-refractivity contribution in [1.82, 2.24) is 9.97 Å². The Morgan fingerprint density at radius 3 is 2.58 bits per heavy atom. The number of hydrogen-bond acceptors (Lipinski definition) is 8. The summed E-state index contributed by atoms with van der Waals surface area (Å²) in [7, 11) is 0. The molecule has 4 rings (SSSR count). The van der Waals surface area contributed by atoms with Gasteiger partial charge in [-0.15, -0.1) is 11.3 Å². The highest BCUT2D eigenvalue weighted by molar-refractivity contribution is 7.18. The molecule has 1 aliphatic heterocycles. The monoisotopic (exact) mass is 468 g/mol. The second-order valence-corrected chi connectivity index (χ2v) is 8.76. The Labute approximate surface area is 194 Å². The molecule has 0 spiro atoms. The molecule has 0 bridgehead atoms. The van der Waals surface area contributed by atoms with Crippen LogP contribution in [0.4, 0.5) is 11.6 Å². The summed E-state index contributed by atoms with van der Waals surface area (Å²) in [4.78, 5) is 34.1. The summed E-state index contributed by atoms with van der Waals surface area (Å²) in [6, 6.07) is 9.90. The van der Waals surface area contributed by atoms with Crippen molar-refractivity contribution in [2.75, 3.05) is 29.9 Å².